The minimum absolute atomic E-state index is 0.227. The van der Waals surface area contributed by atoms with Crippen LogP contribution in [0.3, 0.4) is 0 Å². The summed E-state index contributed by atoms with van der Waals surface area (Å²) in [6, 6.07) is 31.9. The van der Waals surface area contributed by atoms with Gasteiger partial charge in [0.2, 0.25) is 0 Å². The molecule has 0 bridgehead atoms. The largest absolute Gasteiger partial charge is 0.438 e. The molecule has 1 heterocycles. The Morgan fingerprint density at radius 1 is 0.763 bits per heavy atom. The van der Waals surface area contributed by atoms with E-state index < -0.39 is 18.2 Å². The van der Waals surface area contributed by atoms with E-state index in [0.29, 0.717) is 22.5 Å². The summed E-state index contributed by atoms with van der Waals surface area (Å²) in [6.45, 7) is 2.20. The zero-order chi connectivity index (χ0) is 26.5. The van der Waals surface area contributed by atoms with Gasteiger partial charge < -0.3 is 15.4 Å². The molecule has 190 valence electrons. The number of cyclic esters (lactones) is 1. The molecule has 5 rings (SSSR count). The number of anilines is 2. The van der Waals surface area contributed by atoms with Gasteiger partial charge in [-0.25, -0.2) is 4.79 Å². The smallest absolute Gasteiger partial charge is 0.411 e. The van der Waals surface area contributed by atoms with Crippen molar-refractivity contribution in [1.82, 2.24) is 4.90 Å². The lowest BCUT2D eigenvalue weighted by atomic mass is 9.99. The van der Waals surface area contributed by atoms with Gasteiger partial charge in [-0.1, -0.05) is 72.8 Å². The molecule has 1 aliphatic rings. The summed E-state index contributed by atoms with van der Waals surface area (Å²) in [5.74, 6) is -0.572. The predicted octanol–water partition coefficient (Wildman–Crippen LogP) is 5.95. The zero-order valence-corrected chi connectivity index (χ0v) is 20.8. The van der Waals surface area contributed by atoms with Crippen LogP contribution in [0.5, 0.6) is 0 Å². The molecule has 4 aromatic carbocycles. The van der Waals surface area contributed by atoms with Crippen LogP contribution >= 0.6 is 0 Å². The number of carbonyl (C=O) groups is 3. The summed E-state index contributed by atoms with van der Waals surface area (Å²) in [4.78, 5) is 40.6. The van der Waals surface area contributed by atoms with E-state index in [1.165, 1.54) is 4.90 Å². The number of hydrogen-bond acceptors (Lipinski definition) is 4. The third-order valence-electron chi connectivity index (χ3n) is 6.53. The quantitative estimate of drug-likeness (QED) is 0.325. The minimum Gasteiger partial charge on any atom is -0.438 e. The van der Waals surface area contributed by atoms with Gasteiger partial charge in [-0.2, -0.15) is 0 Å². The molecule has 0 aromatic heterocycles. The Morgan fingerprint density at radius 2 is 1.37 bits per heavy atom. The van der Waals surface area contributed by atoms with Crippen LogP contribution in [0.1, 0.15) is 33.2 Å². The van der Waals surface area contributed by atoms with Gasteiger partial charge in [0, 0.05) is 16.9 Å². The van der Waals surface area contributed by atoms with E-state index in [2.05, 4.69) is 10.6 Å². The Labute approximate surface area is 221 Å². The van der Waals surface area contributed by atoms with E-state index in [-0.39, 0.29) is 18.4 Å². The SMILES string of the molecule is Cc1ccccc1CN1C(=O)OC(c2ccc(NC(=O)c3ccccc3)cc2)C1C(=O)Nc1ccccc1. The molecular formula is C31H27N3O4. The van der Waals surface area contributed by atoms with Crippen LogP contribution in [-0.4, -0.2) is 28.8 Å². The van der Waals surface area contributed by atoms with Gasteiger partial charge in [-0.15, -0.1) is 0 Å². The van der Waals surface area contributed by atoms with Crippen molar-refractivity contribution in [2.75, 3.05) is 10.6 Å². The van der Waals surface area contributed by atoms with Crippen LogP contribution in [0.15, 0.2) is 109 Å². The molecule has 0 spiro atoms. The molecule has 4 aromatic rings. The standard InChI is InChI=1S/C31H27N3O4/c1-21-10-8-9-13-24(21)20-34-27(30(36)33-25-14-6-3-7-15-25)28(38-31(34)37)22-16-18-26(19-17-22)32-29(35)23-11-4-2-5-12-23/h2-19,27-28H,20H2,1H3,(H,32,35)(H,33,36). The summed E-state index contributed by atoms with van der Waals surface area (Å²) in [5.41, 5.74) is 4.37. The summed E-state index contributed by atoms with van der Waals surface area (Å²) in [6.07, 6.45) is -1.39. The summed E-state index contributed by atoms with van der Waals surface area (Å²) >= 11 is 0. The topological polar surface area (TPSA) is 87.7 Å². The lowest BCUT2D eigenvalue weighted by Crippen LogP contribution is -2.43. The molecule has 38 heavy (non-hydrogen) atoms. The number of amides is 3. The fourth-order valence-electron chi connectivity index (χ4n) is 4.47. The first-order valence-corrected chi connectivity index (χ1v) is 12.3. The second-order valence-corrected chi connectivity index (χ2v) is 9.10. The fraction of sp³-hybridized carbons (Fsp3) is 0.129. The highest BCUT2D eigenvalue weighted by Crippen LogP contribution is 2.35. The van der Waals surface area contributed by atoms with Crippen molar-refractivity contribution in [3.63, 3.8) is 0 Å². The number of nitrogens with zero attached hydrogens (tertiary/aromatic N) is 1. The Balaban J connectivity index is 1.40. The predicted molar refractivity (Wildman–Crippen MR) is 146 cm³/mol. The fourth-order valence-corrected chi connectivity index (χ4v) is 4.47. The van der Waals surface area contributed by atoms with Crippen LogP contribution in [0.25, 0.3) is 0 Å². The van der Waals surface area contributed by atoms with Crippen LogP contribution in [0, 0.1) is 6.92 Å². The first-order chi connectivity index (χ1) is 18.5. The first-order valence-electron chi connectivity index (χ1n) is 12.3. The molecule has 2 atom stereocenters. The second-order valence-electron chi connectivity index (χ2n) is 9.10. The van der Waals surface area contributed by atoms with Crippen LogP contribution in [-0.2, 0) is 16.1 Å². The molecule has 2 unspecified atom stereocenters. The summed E-state index contributed by atoms with van der Waals surface area (Å²) in [5, 5.41) is 5.78. The van der Waals surface area contributed by atoms with Gasteiger partial charge in [0.05, 0.1) is 6.54 Å². The number of aryl methyl sites for hydroxylation is 1. The summed E-state index contributed by atoms with van der Waals surface area (Å²) in [7, 11) is 0. The highest BCUT2D eigenvalue weighted by Gasteiger charge is 2.47. The van der Waals surface area contributed by atoms with Crippen LogP contribution in [0.2, 0.25) is 0 Å². The summed E-state index contributed by atoms with van der Waals surface area (Å²) < 4.78 is 5.77. The minimum atomic E-state index is -0.896. The van der Waals surface area contributed by atoms with Crippen molar-refractivity contribution in [2.45, 2.75) is 25.6 Å². The molecule has 0 saturated carbocycles. The third kappa shape index (κ3) is 5.42. The van der Waals surface area contributed by atoms with Gasteiger partial charge in [0.15, 0.2) is 12.1 Å². The number of benzene rings is 4. The number of nitrogens with one attached hydrogen (secondary N) is 2. The van der Waals surface area contributed by atoms with Gasteiger partial charge in [0.1, 0.15) is 0 Å². The maximum Gasteiger partial charge on any atom is 0.411 e. The van der Waals surface area contributed by atoms with E-state index in [1.54, 1.807) is 60.7 Å². The Bertz CT molecular complexity index is 1440. The van der Waals surface area contributed by atoms with Gasteiger partial charge >= 0.3 is 6.09 Å². The molecule has 2 N–H and O–H groups in total. The maximum absolute atomic E-state index is 13.6. The highest BCUT2D eigenvalue weighted by molar-refractivity contribution is 6.04. The molecule has 0 radical (unpaired) electrons. The van der Waals surface area contributed by atoms with Gasteiger partial charge in [-0.05, 0) is 60.0 Å². The second kappa shape index (κ2) is 11.0. The first kappa shape index (κ1) is 24.8. The molecule has 1 saturated heterocycles. The molecule has 1 fully saturated rings. The molecule has 3 amide bonds. The average Bonchev–Trinajstić information content (AvgIpc) is 3.27. The lowest BCUT2D eigenvalue weighted by Gasteiger charge is -2.25. The third-order valence-corrected chi connectivity index (χ3v) is 6.53. The Kier molecular flexibility index (Phi) is 7.17. The van der Waals surface area contributed by atoms with Crippen molar-refractivity contribution in [2.24, 2.45) is 0 Å². The Hall–Kier alpha value is -4.91. The van der Waals surface area contributed by atoms with Crippen LogP contribution in [0.4, 0.5) is 16.2 Å². The average molecular weight is 506 g/mol. The van der Waals surface area contributed by atoms with E-state index >= 15 is 0 Å². The molecule has 0 aliphatic carbocycles. The van der Waals surface area contributed by atoms with Crippen molar-refractivity contribution >= 4 is 29.3 Å². The highest BCUT2D eigenvalue weighted by atomic mass is 16.6. The number of ether oxygens (including phenoxy) is 1. The van der Waals surface area contributed by atoms with E-state index in [9.17, 15) is 14.4 Å². The number of para-hydroxylation sites is 1. The van der Waals surface area contributed by atoms with Crippen molar-refractivity contribution in [1.29, 1.82) is 0 Å². The molecule has 7 nitrogen and oxygen atoms in total. The maximum atomic E-state index is 13.6. The van der Waals surface area contributed by atoms with E-state index in [4.69, 9.17) is 4.74 Å². The van der Waals surface area contributed by atoms with Crippen LogP contribution < -0.4 is 10.6 Å². The Morgan fingerprint density at radius 3 is 2.05 bits per heavy atom. The van der Waals surface area contributed by atoms with E-state index in [1.807, 2.05) is 55.5 Å². The molecular weight excluding hydrogens is 478 g/mol. The number of rotatable bonds is 7. The zero-order valence-electron chi connectivity index (χ0n) is 20.8. The number of hydrogen-bond donors (Lipinski definition) is 2. The van der Waals surface area contributed by atoms with Crippen molar-refractivity contribution in [3.8, 4) is 0 Å². The molecule has 7 heteroatoms. The monoisotopic (exact) mass is 505 g/mol. The van der Waals surface area contributed by atoms with E-state index in [0.717, 1.165) is 11.1 Å². The normalized spacial score (nSPS) is 16.6. The van der Waals surface area contributed by atoms with Gasteiger partial charge in [0.25, 0.3) is 11.8 Å². The van der Waals surface area contributed by atoms with Crippen molar-refractivity contribution in [3.05, 3.63) is 131 Å². The number of carbonyl (C=O) groups excluding carboxylic acids is 3. The lowest BCUT2D eigenvalue weighted by molar-refractivity contribution is -0.121. The van der Waals surface area contributed by atoms with Crippen molar-refractivity contribution < 1.29 is 19.1 Å². The van der Waals surface area contributed by atoms with Gasteiger partial charge in [-0.3, -0.25) is 14.5 Å². The molecule has 1 aliphatic heterocycles.